The van der Waals surface area contributed by atoms with Gasteiger partial charge < -0.3 is 15.2 Å². The van der Waals surface area contributed by atoms with E-state index >= 15 is 0 Å². The molecule has 0 radical (unpaired) electrons. The first-order valence-electron chi connectivity index (χ1n) is 6.67. The van der Waals surface area contributed by atoms with Crippen molar-refractivity contribution in [2.45, 2.75) is 46.3 Å². The SMILES string of the molecule is Cc1cnc(OCC(O)CNC(C)(C)C)c(C#N)c1C. The van der Waals surface area contributed by atoms with Crippen LogP contribution in [0.15, 0.2) is 6.20 Å². The van der Waals surface area contributed by atoms with Crippen LogP contribution < -0.4 is 10.1 Å². The van der Waals surface area contributed by atoms with E-state index in [1.165, 1.54) is 0 Å². The van der Waals surface area contributed by atoms with Crippen molar-refractivity contribution in [2.24, 2.45) is 0 Å². The van der Waals surface area contributed by atoms with Crippen LogP contribution in [0.1, 0.15) is 37.5 Å². The number of nitrogens with zero attached hydrogens (tertiary/aromatic N) is 2. The molecule has 0 bridgehead atoms. The Morgan fingerprint density at radius 3 is 2.65 bits per heavy atom. The molecular weight excluding hydrogens is 254 g/mol. The normalized spacial score (nSPS) is 12.8. The van der Waals surface area contributed by atoms with Crippen LogP contribution in [0.4, 0.5) is 0 Å². The molecule has 0 saturated carbocycles. The Balaban J connectivity index is 2.63. The van der Waals surface area contributed by atoms with Crippen LogP contribution in [0, 0.1) is 25.2 Å². The van der Waals surface area contributed by atoms with Crippen molar-refractivity contribution in [3.8, 4) is 11.9 Å². The van der Waals surface area contributed by atoms with E-state index < -0.39 is 6.10 Å². The number of aryl methyl sites for hydroxylation is 1. The number of β-amino-alcohol motifs (C(OH)–C–C–N with tert-alkyl or cyclic N) is 1. The minimum Gasteiger partial charge on any atom is -0.474 e. The molecule has 0 aliphatic rings. The van der Waals surface area contributed by atoms with Crippen molar-refractivity contribution >= 4 is 0 Å². The second-order valence-corrected chi connectivity index (χ2v) is 5.95. The third-order valence-corrected chi connectivity index (χ3v) is 2.95. The Hall–Kier alpha value is -1.64. The molecule has 20 heavy (non-hydrogen) atoms. The molecule has 5 heteroatoms. The van der Waals surface area contributed by atoms with Crippen molar-refractivity contribution in [3.63, 3.8) is 0 Å². The highest BCUT2D eigenvalue weighted by atomic mass is 16.5. The lowest BCUT2D eigenvalue weighted by Gasteiger charge is -2.23. The molecule has 1 heterocycles. The van der Waals surface area contributed by atoms with Crippen LogP contribution >= 0.6 is 0 Å². The first-order valence-corrected chi connectivity index (χ1v) is 6.67. The summed E-state index contributed by atoms with van der Waals surface area (Å²) in [7, 11) is 0. The number of aliphatic hydroxyl groups excluding tert-OH is 1. The quantitative estimate of drug-likeness (QED) is 0.856. The molecule has 0 spiro atoms. The predicted molar refractivity (Wildman–Crippen MR) is 77.7 cm³/mol. The summed E-state index contributed by atoms with van der Waals surface area (Å²) in [6.45, 7) is 10.4. The number of pyridine rings is 1. The second-order valence-electron chi connectivity index (χ2n) is 5.95. The zero-order chi connectivity index (χ0) is 15.3. The Labute approximate surface area is 120 Å². The van der Waals surface area contributed by atoms with Gasteiger partial charge in [-0.15, -0.1) is 0 Å². The lowest BCUT2D eigenvalue weighted by Crippen LogP contribution is -2.42. The van der Waals surface area contributed by atoms with Gasteiger partial charge in [0.1, 0.15) is 24.3 Å². The van der Waals surface area contributed by atoms with E-state index in [4.69, 9.17) is 10.00 Å². The average molecular weight is 277 g/mol. The molecule has 0 saturated heterocycles. The van der Waals surface area contributed by atoms with Crippen LogP contribution in [0.25, 0.3) is 0 Å². The highest BCUT2D eigenvalue weighted by molar-refractivity contribution is 5.46. The minimum atomic E-state index is -0.649. The number of aromatic nitrogens is 1. The molecule has 5 nitrogen and oxygen atoms in total. The van der Waals surface area contributed by atoms with Crippen molar-refractivity contribution in [1.82, 2.24) is 10.3 Å². The maximum absolute atomic E-state index is 9.86. The molecular formula is C15H23N3O2. The number of aliphatic hydroxyl groups is 1. The molecule has 0 fully saturated rings. The maximum Gasteiger partial charge on any atom is 0.232 e. The molecule has 1 aromatic rings. The van der Waals surface area contributed by atoms with E-state index in [1.807, 2.05) is 34.6 Å². The summed E-state index contributed by atoms with van der Waals surface area (Å²) in [6, 6.07) is 2.10. The fourth-order valence-corrected chi connectivity index (χ4v) is 1.57. The van der Waals surface area contributed by atoms with Crippen molar-refractivity contribution in [2.75, 3.05) is 13.2 Å². The van der Waals surface area contributed by atoms with Gasteiger partial charge in [-0.05, 0) is 45.7 Å². The first kappa shape index (κ1) is 16.4. The minimum absolute atomic E-state index is 0.0580. The van der Waals surface area contributed by atoms with Crippen molar-refractivity contribution in [3.05, 3.63) is 22.9 Å². The van der Waals surface area contributed by atoms with E-state index in [1.54, 1.807) is 6.20 Å². The molecule has 110 valence electrons. The van der Waals surface area contributed by atoms with E-state index in [0.717, 1.165) is 11.1 Å². The van der Waals surface area contributed by atoms with Gasteiger partial charge in [0.15, 0.2) is 0 Å². The Morgan fingerprint density at radius 2 is 2.10 bits per heavy atom. The molecule has 1 unspecified atom stereocenters. The van der Waals surface area contributed by atoms with Gasteiger partial charge in [0.2, 0.25) is 5.88 Å². The van der Waals surface area contributed by atoms with Crippen molar-refractivity contribution < 1.29 is 9.84 Å². The number of hydrogen-bond donors (Lipinski definition) is 2. The summed E-state index contributed by atoms with van der Waals surface area (Å²) in [5, 5.41) is 22.2. The number of hydrogen-bond acceptors (Lipinski definition) is 5. The zero-order valence-corrected chi connectivity index (χ0v) is 12.8. The summed E-state index contributed by atoms with van der Waals surface area (Å²) in [4.78, 5) is 4.11. The smallest absolute Gasteiger partial charge is 0.232 e. The van der Waals surface area contributed by atoms with Gasteiger partial charge in [0.25, 0.3) is 0 Å². The van der Waals surface area contributed by atoms with E-state index in [9.17, 15) is 5.11 Å². The maximum atomic E-state index is 9.86. The molecule has 0 aliphatic heterocycles. The Bertz CT molecular complexity index is 501. The summed E-state index contributed by atoms with van der Waals surface area (Å²) in [6.07, 6.45) is 1.02. The topological polar surface area (TPSA) is 78.2 Å². The summed E-state index contributed by atoms with van der Waals surface area (Å²) < 4.78 is 5.47. The van der Waals surface area contributed by atoms with Crippen LogP contribution in [0.2, 0.25) is 0 Å². The molecule has 1 atom stereocenters. The molecule has 0 aromatic carbocycles. The highest BCUT2D eigenvalue weighted by Crippen LogP contribution is 2.20. The lowest BCUT2D eigenvalue weighted by atomic mass is 10.1. The van der Waals surface area contributed by atoms with Gasteiger partial charge in [-0.1, -0.05) is 0 Å². The van der Waals surface area contributed by atoms with Crippen LogP contribution in [0.3, 0.4) is 0 Å². The number of ether oxygens (including phenoxy) is 1. The summed E-state index contributed by atoms with van der Waals surface area (Å²) in [5.41, 5.74) is 2.18. The molecule has 0 aliphatic carbocycles. The third kappa shape index (κ3) is 4.80. The Morgan fingerprint density at radius 1 is 1.45 bits per heavy atom. The second kappa shape index (κ2) is 6.69. The highest BCUT2D eigenvalue weighted by Gasteiger charge is 2.15. The number of rotatable bonds is 5. The van der Waals surface area contributed by atoms with Crippen LogP contribution in [-0.2, 0) is 0 Å². The van der Waals surface area contributed by atoms with E-state index in [0.29, 0.717) is 12.1 Å². The van der Waals surface area contributed by atoms with E-state index in [2.05, 4.69) is 16.4 Å². The predicted octanol–water partition coefficient (Wildman–Crippen LogP) is 1.70. The fraction of sp³-hybridized carbons (Fsp3) is 0.600. The monoisotopic (exact) mass is 277 g/mol. The molecule has 1 rings (SSSR count). The largest absolute Gasteiger partial charge is 0.474 e. The van der Waals surface area contributed by atoms with Gasteiger partial charge in [-0.2, -0.15) is 5.26 Å². The van der Waals surface area contributed by atoms with Crippen LogP contribution in [0.5, 0.6) is 5.88 Å². The lowest BCUT2D eigenvalue weighted by molar-refractivity contribution is 0.0975. The first-order chi connectivity index (χ1) is 9.24. The standard InChI is InChI=1S/C15H23N3O2/c1-10-7-17-14(13(6-16)11(10)2)20-9-12(19)8-18-15(3,4)5/h7,12,18-19H,8-9H2,1-5H3. The Kier molecular flexibility index (Phi) is 5.49. The molecule has 2 N–H and O–H groups in total. The number of nitriles is 1. The van der Waals surface area contributed by atoms with Gasteiger partial charge in [0, 0.05) is 18.3 Å². The van der Waals surface area contributed by atoms with E-state index in [-0.39, 0.29) is 18.0 Å². The summed E-state index contributed by atoms with van der Waals surface area (Å²) >= 11 is 0. The average Bonchev–Trinajstić information content (AvgIpc) is 2.37. The molecule has 1 aromatic heterocycles. The van der Waals surface area contributed by atoms with Crippen molar-refractivity contribution in [1.29, 1.82) is 5.26 Å². The van der Waals surface area contributed by atoms with Gasteiger partial charge in [0.05, 0.1) is 0 Å². The van der Waals surface area contributed by atoms with Gasteiger partial charge in [-0.3, -0.25) is 0 Å². The van der Waals surface area contributed by atoms with Gasteiger partial charge in [-0.25, -0.2) is 4.98 Å². The molecule has 0 amide bonds. The summed E-state index contributed by atoms with van der Waals surface area (Å²) in [5.74, 6) is 0.283. The van der Waals surface area contributed by atoms with Crippen LogP contribution in [-0.4, -0.2) is 34.9 Å². The number of nitrogens with one attached hydrogen (secondary N) is 1. The zero-order valence-electron chi connectivity index (χ0n) is 12.8. The van der Waals surface area contributed by atoms with Gasteiger partial charge >= 0.3 is 0 Å². The third-order valence-electron chi connectivity index (χ3n) is 2.95. The fourth-order valence-electron chi connectivity index (χ4n) is 1.57.